The van der Waals surface area contributed by atoms with Crippen molar-refractivity contribution >= 4 is 85.7 Å². The number of rotatable bonds is 4. The summed E-state index contributed by atoms with van der Waals surface area (Å²) in [5.41, 5.74) is 1.02. The summed E-state index contributed by atoms with van der Waals surface area (Å²) in [7, 11) is 1.36. The highest BCUT2D eigenvalue weighted by Crippen LogP contribution is 2.67. The van der Waals surface area contributed by atoms with Crippen molar-refractivity contribution < 1.29 is 33.4 Å². The number of halogens is 5. The number of amides is 4. The molecule has 6 unspecified atom stereocenters. The molecule has 2 heterocycles. The molecule has 2 saturated heterocycles. The first-order chi connectivity index (χ1) is 21.8. The summed E-state index contributed by atoms with van der Waals surface area (Å²) in [6.45, 7) is 0. The van der Waals surface area contributed by atoms with E-state index in [4.69, 9.17) is 39.5 Å². The zero-order chi connectivity index (χ0) is 32.9. The highest BCUT2D eigenvalue weighted by molar-refractivity contribution is 9.10. The fourth-order valence-corrected chi connectivity index (χ4v) is 9.07. The van der Waals surface area contributed by atoms with Gasteiger partial charge in [-0.2, -0.15) is 0 Å². The topological polar surface area (TPSA) is 104 Å². The maximum atomic E-state index is 14.5. The van der Waals surface area contributed by atoms with Crippen LogP contribution in [0.3, 0.4) is 0 Å². The standard InChI is InChI=1S/C33H23BrCl3FN2O6/c1-46-24-13-15(34)12-22(27(24)41)26-20-10-11-21-25(29(43)39(28(21)42)18-6-2-16(35)3-7-18)23(20)14-32(36)30(44)40(31(45)33(26,32)37)19-8-4-17(38)5-9-19/h2-10,12-13,21,23,25-26,41H,11,14H2,1H3. The van der Waals surface area contributed by atoms with Crippen molar-refractivity contribution in [3.8, 4) is 11.5 Å². The van der Waals surface area contributed by atoms with Crippen molar-refractivity contribution in [2.45, 2.75) is 28.5 Å². The fraction of sp³-hybridized carbons (Fsp3) is 0.273. The molecule has 13 heteroatoms. The van der Waals surface area contributed by atoms with E-state index in [1.165, 1.54) is 25.3 Å². The third kappa shape index (κ3) is 4.16. The number of hydrogen-bond donors (Lipinski definition) is 1. The first kappa shape index (κ1) is 31.2. The Hall–Kier alpha value is -3.44. The third-order valence-corrected chi connectivity index (χ3v) is 11.7. The Labute approximate surface area is 285 Å². The second-order valence-electron chi connectivity index (χ2n) is 11.8. The van der Waals surface area contributed by atoms with Crippen molar-refractivity contribution in [3.05, 3.63) is 93.2 Å². The van der Waals surface area contributed by atoms with E-state index in [1.807, 2.05) is 0 Å². The van der Waals surface area contributed by atoms with Crippen LogP contribution in [0.1, 0.15) is 24.3 Å². The number of phenols is 1. The van der Waals surface area contributed by atoms with Crippen molar-refractivity contribution in [1.29, 1.82) is 0 Å². The monoisotopic (exact) mass is 746 g/mol. The highest BCUT2D eigenvalue weighted by atomic mass is 79.9. The smallest absolute Gasteiger partial charge is 0.258 e. The van der Waals surface area contributed by atoms with E-state index in [0.29, 0.717) is 20.8 Å². The summed E-state index contributed by atoms with van der Waals surface area (Å²) in [6.07, 6.45) is 1.64. The molecule has 0 bridgehead atoms. The van der Waals surface area contributed by atoms with Crippen LogP contribution in [0.25, 0.3) is 0 Å². The van der Waals surface area contributed by atoms with Gasteiger partial charge in [-0.25, -0.2) is 9.29 Å². The van der Waals surface area contributed by atoms with Crippen molar-refractivity contribution in [3.63, 3.8) is 0 Å². The molecule has 3 aromatic rings. The average Bonchev–Trinajstić information content (AvgIpc) is 3.37. The van der Waals surface area contributed by atoms with Crippen molar-refractivity contribution in [2.75, 3.05) is 16.9 Å². The Bertz CT molecular complexity index is 1890. The second kappa shape index (κ2) is 10.8. The minimum atomic E-state index is -2.21. The van der Waals surface area contributed by atoms with Gasteiger partial charge in [-0.3, -0.25) is 24.1 Å². The number of ether oxygens (including phenoxy) is 1. The number of benzene rings is 3. The number of nitrogens with zero attached hydrogens (tertiary/aromatic N) is 2. The summed E-state index contributed by atoms with van der Waals surface area (Å²) < 4.78 is 19.7. The van der Waals surface area contributed by atoms with Crippen LogP contribution < -0.4 is 14.5 Å². The van der Waals surface area contributed by atoms with Gasteiger partial charge < -0.3 is 9.84 Å². The highest BCUT2D eigenvalue weighted by Gasteiger charge is 2.77. The lowest BCUT2D eigenvalue weighted by atomic mass is 9.56. The van der Waals surface area contributed by atoms with Crippen LogP contribution in [0.5, 0.6) is 11.5 Å². The predicted octanol–water partition coefficient (Wildman–Crippen LogP) is 6.72. The summed E-state index contributed by atoms with van der Waals surface area (Å²) in [5, 5.41) is 11.9. The maximum Gasteiger partial charge on any atom is 0.258 e. The maximum absolute atomic E-state index is 14.5. The van der Waals surface area contributed by atoms with Gasteiger partial charge in [0.2, 0.25) is 11.8 Å². The number of anilines is 2. The van der Waals surface area contributed by atoms with Crippen LogP contribution in [0.15, 0.2) is 76.8 Å². The zero-order valence-electron chi connectivity index (χ0n) is 23.8. The van der Waals surface area contributed by atoms with Gasteiger partial charge in [-0.05, 0) is 79.4 Å². The van der Waals surface area contributed by atoms with Crippen LogP contribution in [0.2, 0.25) is 5.02 Å². The van der Waals surface area contributed by atoms with Gasteiger partial charge in [0.05, 0.1) is 30.3 Å². The molecule has 0 spiro atoms. The van der Waals surface area contributed by atoms with E-state index in [0.717, 1.165) is 21.9 Å². The Morgan fingerprint density at radius 2 is 1.54 bits per heavy atom. The van der Waals surface area contributed by atoms with Crippen LogP contribution in [0, 0.1) is 23.6 Å². The normalized spacial score (nSPS) is 30.3. The third-order valence-electron chi connectivity index (χ3n) is 9.58. The Morgan fingerprint density at radius 1 is 0.913 bits per heavy atom. The van der Waals surface area contributed by atoms with Crippen LogP contribution >= 0.6 is 50.7 Å². The number of alkyl halides is 2. The lowest BCUT2D eigenvalue weighted by molar-refractivity contribution is -0.125. The van der Waals surface area contributed by atoms with Crippen LogP contribution in [-0.4, -0.2) is 45.6 Å². The largest absolute Gasteiger partial charge is 0.504 e. The molecule has 4 aliphatic rings. The van der Waals surface area contributed by atoms with E-state index >= 15 is 0 Å². The molecule has 3 fully saturated rings. The average molecular weight is 749 g/mol. The van der Waals surface area contributed by atoms with Crippen LogP contribution in [0.4, 0.5) is 15.8 Å². The predicted molar refractivity (Wildman–Crippen MR) is 173 cm³/mol. The summed E-state index contributed by atoms with van der Waals surface area (Å²) in [5.74, 6) is -7.27. The quantitative estimate of drug-likeness (QED) is 0.181. The van der Waals surface area contributed by atoms with E-state index in [1.54, 1.807) is 36.4 Å². The number of carbonyl (C=O) groups excluding carboxylic acids is 4. The molecule has 4 amide bonds. The molecule has 0 radical (unpaired) electrons. The molecule has 236 valence electrons. The molecule has 2 aliphatic heterocycles. The second-order valence-corrected chi connectivity index (χ2v) is 14.4. The molecule has 7 rings (SSSR count). The van der Waals surface area contributed by atoms with Gasteiger partial charge in [0.25, 0.3) is 11.8 Å². The van der Waals surface area contributed by atoms with Gasteiger partial charge in [0.1, 0.15) is 5.82 Å². The van der Waals surface area contributed by atoms with E-state index in [2.05, 4.69) is 15.9 Å². The Morgan fingerprint density at radius 3 is 2.20 bits per heavy atom. The number of methoxy groups -OCH3 is 1. The van der Waals surface area contributed by atoms with E-state index in [9.17, 15) is 28.7 Å². The van der Waals surface area contributed by atoms with Crippen molar-refractivity contribution in [2.24, 2.45) is 17.8 Å². The number of aromatic hydroxyl groups is 1. The fourth-order valence-electron chi connectivity index (χ4n) is 7.56. The Kier molecular flexibility index (Phi) is 7.32. The van der Waals surface area contributed by atoms with Crippen molar-refractivity contribution in [1.82, 2.24) is 0 Å². The van der Waals surface area contributed by atoms with Gasteiger partial charge >= 0.3 is 0 Å². The zero-order valence-corrected chi connectivity index (χ0v) is 27.7. The molecule has 2 aliphatic carbocycles. The first-order valence-electron chi connectivity index (χ1n) is 14.3. The van der Waals surface area contributed by atoms with Gasteiger partial charge in [0.15, 0.2) is 21.2 Å². The number of imide groups is 2. The molecule has 46 heavy (non-hydrogen) atoms. The molecule has 3 aromatic carbocycles. The molecule has 6 atom stereocenters. The summed E-state index contributed by atoms with van der Waals surface area (Å²) >= 11 is 24.2. The number of fused-ring (bicyclic) bond motifs is 4. The SMILES string of the molecule is COc1cc(Br)cc(C2C3=CCC4C(=O)N(c5ccc(Cl)cc5)C(=O)C4C3CC3(Cl)C(=O)N(c4ccc(F)cc4)C(=O)C23Cl)c1O. The number of carbonyl (C=O) groups is 4. The Balaban J connectivity index is 1.43. The van der Waals surface area contributed by atoms with E-state index in [-0.39, 0.29) is 35.6 Å². The summed E-state index contributed by atoms with van der Waals surface area (Å²) in [6, 6.07) is 14.1. The minimum Gasteiger partial charge on any atom is -0.504 e. The van der Waals surface area contributed by atoms with Crippen LogP contribution in [-0.2, 0) is 19.2 Å². The lowest BCUT2D eigenvalue weighted by Crippen LogP contribution is -2.60. The minimum absolute atomic E-state index is 0.0523. The first-order valence-corrected chi connectivity index (χ1v) is 16.2. The number of phenolic OH excluding ortho intramolecular Hbond substituents is 1. The number of hydrogen-bond acceptors (Lipinski definition) is 6. The molecule has 1 saturated carbocycles. The molecular weight excluding hydrogens is 726 g/mol. The molecular formula is C33H23BrCl3FN2O6. The van der Waals surface area contributed by atoms with E-state index < -0.39 is 62.9 Å². The van der Waals surface area contributed by atoms with Gasteiger partial charge in [-0.15, -0.1) is 23.2 Å². The molecule has 1 N–H and O–H groups in total. The van der Waals surface area contributed by atoms with Gasteiger partial charge in [-0.1, -0.05) is 39.2 Å². The lowest BCUT2D eigenvalue weighted by Gasteiger charge is -2.50. The number of allylic oxidation sites excluding steroid dienone is 2. The molecule has 0 aromatic heterocycles. The molecule has 8 nitrogen and oxygen atoms in total. The van der Waals surface area contributed by atoms with Gasteiger partial charge in [0, 0.05) is 21.0 Å². The summed E-state index contributed by atoms with van der Waals surface area (Å²) in [4.78, 5) is 54.4.